The van der Waals surface area contributed by atoms with Crippen LogP contribution in [0, 0.1) is 16.0 Å². The Morgan fingerprint density at radius 3 is 2.88 bits per heavy atom. The van der Waals surface area contributed by atoms with Gasteiger partial charge in [0.05, 0.1) is 0 Å². The van der Waals surface area contributed by atoms with Crippen LogP contribution in [0.4, 0.5) is 11.6 Å². The summed E-state index contributed by atoms with van der Waals surface area (Å²) in [6.07, 6.45) is 3.56. The van der Waals surface area contributed by atoms with Crippen LogP contribution in [0.15, 0.2) is 6.33 Å². The van der Waals surface area contributed by atoms with E-state index in [1.807, 2.05) is 0 Å². The zero-order valence-electron chi connectivity index (χ0n) is 9.93. The highest BCUT2D eigenvalue weighted by atomic mass is 16.6. The third-order valence-electron chi connectivity index (χ3n) is 2.34. The van der Waals surface area contributed by atoms with E-state index >= 15 is 0 Å². The molecule has 1 aromatic heterocycles. The summed E-state index contributed by atoms with van der Waals surface area (Å²) in [6.45, 7) is 5.05. The zero-order valence-corrected chi connectivity index (χ0v) is 9.93. The van der Waals surface area contributed by atoms with Crippen LogP contribution >= 0.6 is 0 Å². The second kappa shape index (κ2) is 5.48. The van der Waals surface area contributed by atoms with Gasteiger partial charge in [0, 0.05) is 13.6 Å². The van der Waals surface area contributed by atoms with E-state index in [9.17, 15) is 10.1 Å². The standard InChI is InChI=1S/C10H18N4O2/c1-8(2)5-4-6-11-9-10(14(15)16)12-7-13(9)3/h7-8,11H,4-6H2,1-3H3. The number of hydrogen-bond acceptors (Lipinski definition) is 4. The molecule has 1 N–H and O–H groups in total. The Morgan fingerprint density at radius 1 is 1.62 bits per heavy atom. The maximum atomic E-state index is 10.7. The van der Waals surface area contributed by atoms with Crippen LogP contribution in [0.5, 0.6) is 0 Å². The van der Waals surface area contributed by atoms with Gasteiger partial charge >= 0.3 is 5.82 Å². The average molecular weight is 226 g/mol. The first-order chi connectivity index (χ1) is 7.52. The van der Waals surface area contributed by atoms with Crippen LogP contribution in [0.2, 0.25) is 0 Å². The summed E-state index contributed by atoms with van der Waals surface area (Å²) in [4.78, 5) is 13.9. The lowest BCUT2D eigenvalue weighted by atomic mass is 10.1. The van der Waals surface area contributed by atoms with Gasteiger partial charge in [-0.1, -0.05) is 13.8 Å². The lowest BCUT2D eigenvalue weighted by Crippen LogP contribution is -2.08. The number of anilines is 1. The number of rotatable bonds is 6. The van der Waals surface area contributed by atoms with Crippen molar-refractivity contribution in [1.82, 2.24) is 9.55 Å². The van der Waals surface area contributed by atoms with Gasteiger partial charge in [-0.15, -0.1) is 0 Å². The monoisotopic (exact) mass is 226 g/mol. The van der Waals surface area contributed by atoms with Gasteiger partial charge in [-0.05, 0) is 28.7 Å². The molecule has 16 heavy (non-hydrogen) atoms. The second-order valence-corrected chi connectivity index (χ2v) is 4.25. The lowest BCUT2D eigenvalue weighted by Gasteiger charge is -2.07. The highest BCUT2D eigenvalue weighted by Gasteiger charge is 2.19. The van der Waals surface area contributed by atoms with Gasteiger partial charge < -0.3 is 15.4 Å². The number of aromatic nitrogens is 2. The molecule has 0 unspecified atom stereocenters. The van der Waals surface area contributed by atoms with Crippen molar-refractivity contribution in [2.75, 3.05) is 11.9 Å². The molecule has 0 aliphatic rings. The Kier molecular flexibility index (Phi) is 4.28. The highest BCUT2D eigenvalue weighted by Crippen LogP contribution is 2.20. The molecule has 0 bridgehead atoms. The number of hydrogen-bond donors (Lipinski definition) is 1. The fourth-order valence-corrected chi connectivity index (χ4v) is 1.47. The fourth-order valence-electron chi connectivity index (χ4n) is 1.47. The fraction of sp³-hybridized carbons (Fsp3) is 0.700. The predicted octanol–water partition coefficient (Wildman–Crippen LogP) is 2.18. The Morgan fingerprint density at radius 2 is 2.31 bits per heavy atom. The van der Waals surface area contributed by atoms with Crippen LogP contribution in [0.1, 0.15) is 26.7 Å². The number of aryl methyl sites for hydroxylation is 1. The molecule has 90 valence electrons. The van der Waals surface area contributed by atoms with Crippen molar-refractivity contribution in [3.8, 4) is 0 Å². The van der Waals surface area contributed by atoms with Crippen molar-refractivity contribution in [2.24, 2.45) is 13.0 Å². The van der Waals surface area contributed by atoms with Gasteiger partial charge in [0.1, 0.15) is 0 Å². The molecule has 6 nitrogen and oxygen atoms in total. The summed E-state index contributed by atoms with van der Waals surface area (Å²) in [7, 11) is 1.74. The number of imidazole rings is 1. The van der Waals surface area contributed by atoms with Crippen molar-refractivity contribution >= 4 is 11.6 Å². The molecule has 0 atom stereocenters. The normalized spacial score (nSPS) is 10.8. The summed E-state index contributed by atoms with van der Waals surface area (Å²) in [6, 6.07) is 0. The Balaban J connectivity index is 2.52. The summed E-state index contributed by atoms with van der Waals surface area (Å²) < 4.78 is 1.63. The Hall–Kier alpha value is -1.59. The molecule has 0 radical (unpaired) electrons. The third-order valence-corrected chi connectivity index (χ3v) is 2.34. The molecule has 0 aliphatic heterocycles. The molecule has 0 saturated carbocycles. The topological polar surface area (TPSA) is 73.0 Å². The van der Waals surface area contributed by atoms with Gasteiger partial charge in [0.2, 0.25) is 12.1 Å². The van der Waals surface area contributed by atoms with Crippen molar-refractivity contribution in [3.05, 3.63) is 16.4 Å². The van der Waals surface area contributed by atoms with E-state index in [1.54, 1.807) is 11.6 Å². The SMILES string of the molecule is CC(C)CCCNc1c([N+](=O)[O-])ncn1C. The molecular formula is C10H18N4O2. The molecule has 1 aromatic rings. The molecule has 0 amide bonds. The van der Waals surface area contributed by atoms with Crippen molar-refractivity contribution in [1.29, 1.82) is 0 Å². The zero-order chi connectivity index (χ0) is 12.1. The van der Waals surface area contributed by atoms with E-state index < -0.39 is 4.92 Å². The van der Waals surface area contributed by atoms with Gasteiger partial charge in [-0.3, -0.25) is 4.57 Å². The summed E-state index contributed by atoms with van der Waals surface area (Å²) >= 11 is 0. The van der Waals surface area contributed by atoms with E-state index in [0.717, 1.165) is 19.4 Å². The molecular weight excluding hydrogens is 208 g/mol. The van der Waals surface area contributed by atoms with Crippen LogP contribution in [-0.2, 0) is 7.05 Å². The van der Waals surface area contributed by atoms with Crippen LogP contribution in [-0.4, -0.2) is 21.0 Å². The molecule has 1 rings (SSSR count). The highest BCUT2D eigenvalue weighted by molar-refractivity contribution is 5.51. The second-order valence-electron chi connectivity index (χ2n) is 4.25. The first-order valence-electron chi connectivity index (χ1n) is 5.42. The Labute approximate surface area is 94.8 Å². The number of nitrogens with one attached hydrogen (secondary N) is 1. The van der Waals surface area contributed by atoms with Gasteiger partial charge in [-0.2, -0.15) is 0 Å². The lowest BCUT2D eigenvalue weighted by molar-refractivity contribution is -0.388. The van der Waals surface area contributed by atoms with Crippen LogP contribution in [0.25, 0.3) is 0 Å². The maximum absolute atomic E-state index is 10.7. The molecule has 0 fully saturated rings. The summed E-state index contributed by atoms with van der Waals surface area (Å²) in [5.74, 6) is 1.03. The molecule has 0 aliphatic carbocycles. The van der Waals surface area contributed by atoms with E-state index in [-0.39, 0.29) is 5.82 Å². The predicted molar refractivity (Wildman–Crippen MR) is 62.4 cm³/mol. The van der Waals surface area contributed by atoms with Gasteiger partial charge in [-0.25, -0.2) is 0 Å². The van der Waals surface area contributed by atoms with Gasteiger partial charge in [0.15, 0.2) is 0 Å². The van der Waals surface area contributed by atoms with Crippen LogP contribution in [0.3, 0.4) is 0 Å². The molecule has 6 heteroatoms. The quantitative estimate of drug-likeness (QED) is 0.458. The minimum Gasteiger partial charge on any atom is -0.364 e. The molecule has 0 spiro atoms. The van der Waals surface area contributed by atoms with Crippen LogP contribution < -0.4 is 5.32 Å². The third kappa shape index (κ3) is 3.22. The summed E-state index contributed by atoms with van der Waals surface area (Å²) in [5.41, 5.74) is 0. The first kappa shape index (κ1) is 12.5. The van der Waals surface area contributed by atoms with Gasteiger partial charge in [0.25, 0.3) is 0 Å². The molecule has 0 aromatic carbocycles. The Bertz CT molecular complexity index is 360. The largest absolute Gasteiger partial charge is 0.406 e. The number of nitrogens with zero attached hydrogens (tertiary/aromatic N) is 3. The van der Waals surface area contributed by atoms with E-state index in [2.05, 4.69) is 24.1 Å². The summed E-state index contributed by atoms with van der Waals surface area (Å²) in [5, 5.41) is 13.7. The van der Waals surface area contributed by atoms with E-state index in [1.165, 1.54) is 6.33 Å². The van der Waals surface area contributed by atoms with Crippen molar-refractivity contribution in [2.45, 2.75) is 26.7 Å². The van der Waals surface area contributed by atoms with Crippen molar-refractivity contribution < 1.29 is 4.92 Å². The van der Waals surface area contributed by atoms with E-state index in [4.69, 9.17) is 0 Å². The minimum absolute atomic E-state index is 0.105. The van der Waals surface area contributed by atoms with E-state index in [0.29, 0.717) is 11.7 Å². The molecule has 0 saturated heterocycles. The average Bonchev–Trinajstić information content (AvgIpc) is 2.54. The first-order valence-corrected chi connectivity index (χ1v) is 5.42. The maximum Gasteiger partial charge on any atom is 0.406 e. The minimum atomic E-state index is -0.467. The van der Waals surface area contributed by atoms with Crippen molar-refractivity contribution in [3.63, 3.8) is 0 Å². The smallest absolute Gasteiger partial charge is 0.364 e. The number of nitro groups is 1. The molecule has 1 heterocycles.